The number of aliphatic hydroxyl groups excluding tert-OH is 1. The minimum absolute atomic E-state index is 0.0810. The van der Waals surface area contributed by atoms with Gasteiger partial charge in [0.15, 0.2) is 5.78 Å². The lowest BCUT2D eigenvalue weighted by Crippen LogP contribution is -2.08. The van der Waals surface area contributed by atoms with E-state index in [1.54, 1.807) is 0 Å². The average Bonchev–Trinajstić information content (AvgIpc) is 2.30. The first kappa shape index (κ1) is 13.8. The molecule has 1 rings (SSSR count). The number of aliphatic hydroxyl groups is 1. The SMILES string of the molecule is O=C(CCCO)CC(=O)c1ccc(F)c(Cl)c1. The van der Waals surface area contributed by atoms with Crippen LogP contribution in [0.4, 0.5) is 4.39 Å². The first-order valence-corrected chi connectivity index (χ1v) is 5.53. The Morgan fingerprint density at radius 2 is 2.06 bits per heavy atom. The van der Waals surface area contributed by atoms with Gasteiger partial charge in [-0.3, -0.25) is 9.59 Å². The Hall–Kier alpha value is -1.26. The van der Waals surface area contributed by atoms with Crippen LogP contribution in [0.2, 0.25) is 5.02 Å². The van der Waals surface area contributed by atoms with Crippen molar-refractivity contribution in [1.29, 1.82) is 0 Å². The van der Waals surface area contributed by atoms with Crippen molar-refractivity contribution in [1.82, 2.24) is 0 Å². The highest BCUT2D eigenvalue weighted by molar-refractivity contribution is 6.31. The van der Waals surface area contributed by atoms with Crippen molar-refractivity contribution < 1.29 is 19.1 Å². The number of halogens is 2. The molecule has 1 aromatic rings. The molecule has 5 heteroatoms. The molecule has 3 nitrogen and oxygen atoms in total. The summed E-state index contributed by atoms with van der Waals surface area (Å²) < 4.78 is 12.9. The first-order chi connectivity index (χ1) is 8.04. The number of hydrogen-bond donors (Lipinski definition) is 1. The van der Waals surface area contributed by atoms with Crippen LogP contribution in [0, 0.1) is 5.82 Å². The molecule has 92 valence electrons. The van der Waals surface area contributed by atoms with E-state index >= 15 is 0 Å². The Kier molecular flexibility index (Phi) is 5.25. The molecule has 0 saturated carbocycles. The lowest BCUT2D eigenvalue weighted by atomic mass is 10.0. The third-order valence-corrected chi connectivity index (χ3v) is 2.50. The standard InChI is InChI=1S/C12H12ClFO3/c13-10-6-8(3-4-11(10)14)12(17)7-9(16)2-1-5-15/h3-4,6,15H,1-2,5,7H2. The van der Waals surface area contributed by atoms with E-state index in [1.165, 1.54) is 12.1 Å². The van der Waals surface area contributed by atoms with Gasteiger partial charge in [0.1, 0.15) is 11.6 Å². The minimum atomic E-state index is -0.602. The zero-order chi connectivity index (χ0) is 12.8. The number of carbonyl (C=O) groups excluding carboxylic acids is 2. The predicted molar refractivity (Wildman–Crippen MR) is 61.7 cm³/mol. The lowest BCUT2D eigenvalue weighted by molar-refractivity contribution is -0.118. The van der Waals surface area contributed by atoms with E-state index in [0.717, 1.165) is 6.07 Å². The Bertz CT molecular complexity index is 432. The van der Waals surface area contributed by atoms with E-state index in [2.05, 4.69) is 0 Å². The van der Waals surface area contributed by atoms with Crippen molar-refractivity contribution in [2.45, 2.75) is 19.3 Å². The van der Waals surface area contributed by atoms with Crippen LogP contribution in [-0.4, -0.2) is 23.3 Å². The highest BCUT2D eigenvalue weighted by atomic mass is 35.5. The van der Waals surface area contributed by atoms with Gasteiger partial charge in [-0.15, -0.1) is 0 Å². The Morgan fingerprint density at radius 1 is 1.35 bits per heavy atom. The molecule has 0 heterocycles. The molecule has 0 aromatic heterocycles. The van der Waals surface area contributed by atoms with Crippen molar-refractivity contribution in [3.8, 4) is 0 Å². The number of ketones is 2. The zero-order valence-corrected chi connectivity index (χ0v) is 9.84. The second-order valence-corrected chi connectivity index (χ2v) is 4.00. The van der Waals surface area contributed by atoms with Gasteiger partial charge in [-0.05, 0) is 24.6 Å². The molecule has 0 aliphatic heterocycles. The summed E-state index contributed by atoms with van der Waals surface area (Å²) in [7, 11) is 0. The predicted octanol–water partition coefficient (Wildman–Crippen LogP) is 2.39. The number of Topliss-reactive ketones (excluding diaryl/α,β-unsaturated/α-hetero) is 2. The third-order valence-electron chi connectivity index (χ3n) is 2.21. The minimum Gasteiger partial charge on any atom is -0.396 e. The van der Waals surface area contributed by atoms with Gasteiger partial charge in [0.2, 0.25) is 0 Å². The fourth-order valence-electron chi connectivity index (χ4n) is 1.32. The van der Waals surface area contributed by atoms with Crippen LogP contribution < -0.4 is 0 Å². The summed E-state index contributed by atoms with van der Waals surface area (Å²) >= 11 is 5.53. The van der Waals surface area contributed by atoms with Crippen LogP contribution in [0.5, 0.6) is 0 Å². The van der Waals surface area contributed by atoms with Crippen LogP contribution in [-0.2, 0) is 4.79 Å². The van der Waals surface area contributed by atoms with Gasteiger partial charge in [0.25, 0.3) is 0 Å². The van der Waals surface area contributed by atoms with Crippen LogP contribution >= 0.6 is 11.6 Å². The van der Waals surface area contributed by atoms with Gasteiger partial charge < -0.3 is 5.11 Å². The Morgan fingerprint density at radius 3 is 2.65 bits per heavy atom. The second kappa shape index (κ2) is 6.47. The largest absolute Gasteiger partial charge is 0.396 e. The maximum absolute atomic E-state index is 12.9. The summed E-state index contributed by atoms with van der Waals surface area (Å²) in [6, 6.07) is 3.59. The number of carbonyl (C=O) groups is 2. The number of benzene rings is 1. The fourth-order valence-corrected chi connectivity index (χ4v) is 1.50. The smallest absolute Gasteiger partial charge is 0.170 e. The molecule has 0 saturated heterocycles. The maximum atomic E-state index is 12.9. The molecule has 0 atom stereocenters. The highest BCUT2D eigenvalue weighted by Gasteiger charge is 2.13. The number of rotatable bonds is 6. The van der Waals surface area contributed by atoms with Crippen LogP contribution in [0.15, 0.2) is 18.2 Å². The summed E-state index contributed by atoms with van der Waals surface area (Å²) in [5.41, 5.74) is 0.216. The van der Waals surface area contributed by atoms with Gasteiger partial charge in [0.05, 0.1) is 11.4 Å². The molecule has 0 spiro atoms. The third kappa shape index (κ3) is 4.24. The van der Waals surface area contributed by atoms with E-state index in [9.17, 15) is 14.0 Å². The quantitative estimate of drug-likeness (QED) is 0.630. The highest BCUT2D eigenvalue weighted by Crippen LogP contribution is 2.17. The normalized spacial score (nSPS) is 10.3. The van der Waals surface area contributed by atoms with E-state index < -0.39 is 11.6 Å². The topological polar surface area (TPSA) is 54.4 Å². The molecular weight excluding hydrogens is 247 g/mol. The van der Waals surface area contributed by atoms with Gasteiger partial charge in [-0.2, -0.15) is 0 Å². The molecule has 0 fully saturated rings. The summed E-state index contributed by atoms with van der Waals surface area (Å²) in [6.07, 6.45) is 0.259. The molecule has 1 aromatic carbocycles. The average molecular weight is 259 g/mol. The van der Waals surface area contributed by atoms with Gasteiger partial charge >= 0.3 is 0 Å². The summed E-state index contributed by atoms with van der Waals surface area (Å²) in [6.45, 7) is -0.0810. The zero-order valence-electron chi connectivity index (χ0n) is 9.08. The van der Waals surface area contributed by atoms with Gasteiger partial charge in [-0.25, -0.2) is 4.39 Å². The van der Waals surface area contributed by atoms with Crippen LogP contribution in [0.1, 0.15) is 29.6 Å². The second-order valence-electron chi connectivity index (χ2n) is 3.59. The van der Waals surface area contributed by atoms with Crippen molar-refractivity contribution in [3.05, 3.63) is 34.6 Å². The van der Waals surface area contributed by atoms with Crippen molar-refractivity contribution in [2.75, 3.05) is 6.61 Å². The van der Waals surface area contributed by atoms with Crippen LogP contribution in [0.25, 0.3) is 0 Å². The summed E-state index contributed by atoms with van der Waals surface area (Å²) in [4.78, 5) is 22.9. The summed E-state index contributed by atoms with van der Waals surface area (Å²) in [5.74, 6) is -1.24. The van der Waals surface area contributed by atoms with E-state index in [4.69, 9.17) is 16.7 Å². The molecule has 17 heavy (non-hydrogen) atoms. The van der Waals surface area contributed by atoms with Crippen LogP contribution in [0.3, 0.4) is 0 Å². The van der Waals surface area contributed by atoms with Crippen molar-refractivity contribution >= 4 is 23.2 Å². The van der Waals surface area contributed by atoms with Crippen molar-refractivity contribution in [3.63, 3.8) is 0 Å². The molecule has 0 amide bonds. The maximum Gasteiger partial charge on any atom is 0.170 e. The fraction of sp³-hybridized carbons (Fsp3) is 0.333. The molecule has 0 bridgehead atoms. The molecular formula is C12H12ClFO3. The lowest BCUT2D eigenvalue weighted by Gasteiger charge is -2.01. The molecule has 0 aliphatic carbocycles. The first-order valence-electron chi connectivity index (χ1n) is 5.15. The Balaban J connectivity index is 2.63. The summed E-state index contributed by atoms with van der Waals surface area (Å²) in [5, 5.41) is 8.40. The van der Waals surface area contributed by atoms with Gasteiger partial charge in [-0.1, -0.05) is 11.6 Å². The monoisotopic (exact) mass is 258 g/mol. The molecule has 0 unspecified atom stereocenters. The van der Waals surface area contributed by atoms with Crippen molar-refractivity contribution in [2.24, 2.45) is 0 Å². The molecule has 0 aliphatic rings. The van der Waals surface area contributed by atoms with E-state index in [-0.39, 0.29) is 35.8 Å². The van der Waals surface area contributed by atoms with E-state index in [0.29, 0.717) is 6.42 Å². The molecule has 0 radical (unpaired) electrons. The number of hydrogen-bond acceptors (Lipinski definition) is 3. The van der Waals surface area contributed by atoms with E-state index in [1.807, 2.05) is 0 Å². The Labute approximate surface area is 103 Å². The molecule has 1 N–H and O–H groups in total. The van der Waals surface area contributed by atoms with Gasteiger partial charge in [0, 0.05) is 18.6 Å².